The van der Waals surface area contributed by atoms with Crippen LogP contribution in [0.1, 0.15) is 18.1 Å². The molecule has 2 nitrogen and oxygen atoms in total. The maximum atomic E-state index is 13.2. The molecular weight excluding hydrogens is 235 g/mol. The van der Waals surface area contributed by atoms with Crippen molar-refractivity contribution in [2.24, 2.45) is 0 Å². The molecule has 1 unspecified atom stereocenters. The Kier molecular flexibility index (Phi) is 5.46. The number of thioether (sulfide) groups is 1. The first-order valence-electron chi connectivity index (χ1n) is 5.45. The van der Waals surface area contributed by atoms with Crippen LogP contribution in [0.5, 0.6) is 0 Å². The van der Waals surface area contributed by atoms with Crippen molar-refractivity contribution in [1.29, 1.82) is 5.26 Å². The minimum absolute atomic E-state index is 0.343. The molecule has 0 aromatic heterocycles. The summed E-state index contributed by atoms with van der Waals surface area (Å²) in [6.45, 7) is 2.80. The van der Waals surface area contributed by atoms with Crippen molar-refractivity contribution < 1.29 is 4.39 Å². The van der Waals surface area contributed by atoms with Crippen LogP contribution in [-0.2, 0) is 6.54 Å². The summed E-state index contributed by atoms with van der Waals surface area (Å²) < 4.78 is 13.2. The fourth-order valence-electron chi connectivity index (χ4n) is 1.62. The first-order valence-corrected chi connectivity index (χ1v) is 6.85. The summed E-state index contributed by atoms with van der Waals surface area (Å²) in [6, 6.07) is 6.89. The van der Waals surface area contributed by atoms with Gasteiger partial charge in [0.25, 0.3) is 0 Å². The normalized spacial score (nSPS) is 12.5. The van der Waals surface area contributed by atoms with Crippen molar-refractivity contribution in [3.63, 3.8) is 0 Å². The SMILES string of the molecule is CSCC(C)N(C)Cc1cc(F)cc(C#N)c1. The van der Waals surface area contributed by atoms with Crippen LogP contribution in [0, 0.1) is 17.1 Å². The molecule has 0 amide bonds. The van der Waals surface area contributed by atoms with Gasteiger partial charge in [-0.15, -0.1) is 0 Å². The number of halogens is 1. The molecule has 1 rings (SSSR count). The zero-order chi connectivity index (χ0) is 12.8. The van der Waals surface area contributed by atoms with Crippen LogP contribution in [0.3, 0.4) is 0 Å². The third-order valence-electron chi connectivity index (χ3n) is 2.68. The van der Waals surface area contributed by atoms with Gasteiger partial charge >= 0.3 is 0 Å². The second-order valence-electron chi connectivity index (χ2n) is 4.18. The smallest absolute Gasteiger partial charge is 0.124 e. The minimum atomic E-state index is -0.343. The van der Waals surface area contributed by atoms with E-state index < -0.39 is 0 Å². The lowest BCUT2D eigenvalue weighted by Crippen LogP contribution is -2.30. The Balaban J connectivity index is 2.74. The first-order chi connectivity index (χ1) is 8.06. The van der Waals surface area contributed by atoms with Crippen molar-refractivity contribution in [3.8, 4) is 6.07 Å². The molecule has 0 bridgehead atoms. The molecule has 0 saturated heterocycles. The van der Waals surface area contributed by atoms with E-state index >= 15 is 0 Å². The van der Waals surface area contributed by atoms with Crippen LogP contribution in [0.4, 0.5) is 4.39 Å². The van der Waals surface area contributed by atoms with E-state index in [-0.39, 0.29) is 5.82 Å². The molecule has 0 aliphatic heterocycles. The molecule has 92 valence electrons. The molecular formula is C13H17FN2S. The second kappa shape index (κ2) is 6.63. The Labute approximate surface area is 106 Å². The highest BCUT2D eigenvalue weighted by Gasteiger charge is 2.10. The fraction of sp³-hybridized carbons (Fsp3) is 0.462. The third kappa shape index (κ3) is 4.37. The molecule has 0 aliphatic rings. The minimum Gasteiger partial charge on any atom is -0.299 e. The average molecular weight is 252 g/mol. The summed E-state index contributed by atoms with van der Waals surface area (Å²) in [5.41, 5.74) is 1.22. The van der Waals surface area contributed by atoms with Gasteiger partial charge in [-0.25, -0.2) is 4.39 Å². The molecule has 0 saturated carbocycles. The highest BCUT2D eigenvalue weighted by atomic mass is 32.2. The second-order valence-corrected chi connectivity index (χ2v) is 5.09. The van der Waals surface area contributed by atoms with Crippen LogP contribution in [0.25, 0.3) is 0 Å². The van der Waals surface area contributed by atoms with E-state index in [1.165, 1.54) is 12.1 Å². The number of hydrogen-bond donors (Lipinski definition) is 0. The molecule has 0 N–H and O–H groups in total. The summed E-state index contributed by atoms with van der Waals surface area (Å²) in [5.74, 6) is 0.696. The Morgan fingerprint density at radius 3 is 2.76 bits per heavy atom. The van der Waals surface area contributed by atoms with Crippen LogP contribution in [0.2, 0.25) is 0 Å². The molecule has 1 aromatic rings. The lowest BCUT2D eigenvalue weighted by molar-refractivity contribution is 0.269. The van der Waals surface area contributed by atoms with Crippen LogP contribution >= 0.6 is 11.8 Å². The average Bonchev–Trinajstić information content (AvgIpc) is 2.28. The van der Waals surface area contributed by atoms with Gasteiger partial charge in [0.05, 0.1) is 11.6 Å². The summed E-state index contributed by atoms with van der Waals surface area (Å²) >= 11 is 1.79. The van der Waals surface area contributed by atoms with Crippen molar-refractivity contribution >= 4 is 11.8 Å². The van der Waals surface area contributed by atoms with Crippen molar-refractivity contribution in [2.45, 2.75) is 19.5 Å². The molecule has 4 heteroatoms. The number of hydrogen-bond acceptors (Lipinski definition) is 3. The molecule has 17 heavy (non-hydrogen) atoms. The van der Waals surface area contributed by atoms with Gasteiger partial charge in [-0.3, -0.25) is 4.90 Å². The number of nitrogens with zero attached hydrogens (tertiary/aromatic N) is 2. The van der Waals surface area contributed by atoms with Crippen LogP contribution in [0.15, 0.2) is 18.2 Å². The van der Waals surface area contributed by atoms with Crippen molar-refractivity contribution in [3.05, 3.63) is 35.1 Å². The van der Waals surface area contributed by atoms with Gasteiger partial charge < -0.3 is 0 Å². The highest BCUT2D eigenvalue weighted by Crippen LogP contribution is 2.13. The van der Waals surface area contributed by atoms with Gasteiger partial charge in [-0.05, 0) is 44.0 Å². The fourth-order valence-corrected chi connectivity index (χ4v) is 2.36. The van der Waals surface area contributed by atoms with Gasteiger partial charge in [0.1, 0.15) is 5.82 Å². The van der Waals surface area contributed by atoms with E-state index in [2.05, 4.69) is 18.1 Å². The van der Waals surface area contributed by atoms with E-state index in [1.54, 1.807) is 17.8 Å². The zero-order valence-corrected chi connectivity index (χ0v) is 11.2. The van der Waals surface area contributed by atoms with Crippen LogP contribution < -0.4 is 0 Å². The molecule has 0 spiro atoms. The predicted octanol–water partition coefficient (Wildman–Crippen LogP) is 2.88. The maximum absolute atomic E-state index is 13.2. The lowest BCUT2D eigenvalue weighted by atomic mass is 10.1. The summed E-state index contributed by atoms with van der Waals surface area (Å²) in [6.07, 6.45) is 2.07. The molecule has 1 aromatic carbocycles. The Morgan fingerprint density at radius 1 is 1.47 bits per heavy atom. The summed E-state index contributed by atoms with van der Waals surface area (Å²) in [4.78, 5) is 2.16. The van der Waals surface area contributed by atoms with E-state index in [9.17, 15) is 4.39 Å². The zero-order valence-electron chi connectivity index (χ0n) is 10.4. The van der Waals surface area contributed by atoms with Gasteiger partial charge in [-0.1, -0.05) is 0 Å². The van der Waals surface area contributed by atoms with E-state index in [4.69, 9.17) is 5.26 Å². The van der Waals surface area contributed by atoms with Crippen LogP contribution in [-0.4, -0.2) is 30.0 Å². The quantitative estimate of drug-likeness (QED) is 0.806. The Morgan fingerprint density at radius 2 is 2.18 bits per heavy atom. The summed E-state index contributed by atoms with van der Waals surface area (Å²) in [5, 5.41) is 8.78. The maximum Gasteiger partial charge on any atom is 0.124 e. The van der Waals surface area contributed by atoms with Gasteiger partial charge in [-0.2, -0.15) is 17.0 Å². The molecule has 0 fully saturated rings. The van der Waals surface area contributed by atoms with Gasteiger partial charge in [0.15, 0.2) is 0 Å². The molecule has 1 atom stereocenters. The van der Waals surface area contributed by atoms with Gasteiger partial charge in [0, 0.05) is 18.3 Å². The number of nitriles is 1. The van der Waals surface area contributed by atoms with Crippen molar-refractivity contribution in [2.75, 3.05) is 19.1 Å². The number of rotatable bonds is 5. The van der Waals surface area contributed by atoms with E-state index in [0.29, 0.717) is 18.2 Å². The highest BCUT2D eigenvalue weighted by molar-refractivity contribution is 7.98. The molecule has 0 heterocycles. The third-order valence-corrected chi connectivity index (χ3v) is 3.49. The van der Waals surface area contributed by atoms with E-state index in [1.807, 2.05) is 13.1 Å². The topological polar surface area (TPSA) is 27.0 Å². The van der Waals surface area contributed by atoms with E-state index in [0.717, 1.165) is 11.3 Å². The van der Waals surface area contributed by atoms with Gasteiger partial charge in [0.2, 0.25) is 0 Å². The predicted molar refractivity (Wildman–Crippen MR) is 70.4 cm³/mol. The molecule has 0 aliphatic carbocycles. The Bertz CT molecular complexity index is 414. The Hall–Kier alpha value is -1.05. The lowest BCUT2D eigenvalue weighted by Gasteiger charge is -2.24. The summed E-state index contributed by atoms with van der Waals surface area (Å²) in [7, 11) is 2.01. The molecule has 0 radical (unpaired) electrons. The first kappa shape index (κ1) is 14.0. The number of benzene rings is 1. The monoisotopic (exact) mass is 252 g/mol. The largest absolute Gasteiger partial charge is 0.299 e. The standard InChI is InChI=1S/C13H17FN2S/c1-10(9-17-3)16(2)8-12-4-11(7-15)5-13(14)6-12/h4-6,10H,8-9H2,1-3H3. The van der Waals surface area contributed by atoms with Crippen molar-refractivity contribution in [1.82, 2.24) is 4.90 Å².